The van der Waals surface area contributed by atoms with Crippen LogP contribution >= 0.6 is 0 Å². The summed E-state index contributed by atoms with van der Waals surface area (Å²) in [6, 6.07) is 7.82. The lowest BCUT2D eigenvalue weighted by Gasteiger charge is -2.19. The number of nitrogens with zero attached hydrogens (tertiary/aromatic N) is 4. The Morgan fingerprint density at radius 2 is 2.03 bits per heavy atom. The van der Waals surface area contributed by atoms with Crippen molar-refractivity contribution in [2.45, 2.75) is 30.4 Å². The highest BCUT2D eigenvalue weighted by atomic mass is 32.2. The van der Waals surface area contributed by atoms with E-state index in [9.17, 15) is 22.5 Å². The predicted molar refractivity (Wildman–Crippen MR) is 114 cm³/mol. The zero-order chi connectivity index (χ0) is 23.5. The fraction of sp³-hybridized carbons (Fsp3) is 0.333. The smallest absolute Gasteiger partial charge is 0.422 e. The number of amides is 1. The minimum atomic E-state index is -4.48. The molecule has 11 heteroatoms. The van der Waals surface area contributed by atoms with Crippen LogP contribution in [0, 0.1) is 13.8 Å². The van der Waals surface area contributed by atoms with Gasteiger partial charge in [0, 0.05) is 36.5 Å². The third-order valence-electron chi connectivity index (χ3n) is 4.66. The second-order valence-corrected chi connectivity index (χ2v) is 8.40. The molecule has 0 aliphatic heterocycles. The Balaban J connectivity index is 1.93. The average molecular weight is 467 g/mol. The van der Waals surface area contributed by atoms with E-state index in [1.165, 1.54) is 21.7 Å². The number of rotatable bonds is 7. The topological polar surface area (TPSA) is 83.3 Å². The van der Waals surface area contributed by atoms with Gasteiger partial charge in [0.2, 0.25) is 0 Å². The Morgan fingerprint density at radius 1 is 1.31 bits per heavy atom. The molecule has 0 fully saturated rings. The van der Waals surface area contributed by atoms with Crippen molar-refractivity contribution < 1.29 is 27.3 Å². The fourth-order valence-corrected chi connectivity index (χ4v) is 4.30. The van der Waals surface area contributed by atoms with Gasteiger partial charge in [-0.1, -0.05) is 19.1 Å². The van der Waals surface area contributed by atoms with E-state index in [0.717, 1.165) is 0 Å². The number of carbonyl (C=O) groups excluding carboxylic acids is 1. The number of aromatic nitrogens is 3. The molecule has 0 bridgehead atoms. The van der Waals surface area contributed by atoms with E-state index in [1.807, 2.05) is 0 Å². The molecular formula is C21H22F3N4O3S. The third-order valence-corrected chi connectivity index (χ3v) is 5.88. The molecule has 0 N–H and O–H groups in total. The first-order chi connectivity index (χ1) is 15.1. The zero-order valence-electron chi connectivity index (χ0n) is 17.6. The monoisotopic (exact) mass is 467 g/mol. The molecule has 2 heterocycles. The van der Waals surface area contributed by atoms with Gasteiger partial charge in [0.25, 0.3) is 0 Å². The molecule has 1 radical (unpaired) electrons. The maximum Gasteiger partial charge on any atom is 0.422 e. The van der Waals surface area contributed by atoms with Crippen molar-refractivity contribution in [3.05, 3.63) is 54.7 Å². The van der Waals surface area contributed by atoms with Crippen LogP contribution in [0.5, 0.6) is 5.75 Å². The maximum atomic E-state index is 13.3. The number of alkyl halides is 3. The van der Waals surface area contributed by atoms with Crippen molar-refractivity contribution in [3.63, 3.8) is 0 Å². The van der Waals surface area contributed by atoms with Gasteiger partial charge in [0.15, 0.2) is 12.4 Å². The maximum absolute atomic E-state index is 13.3. The average Bonchev–Trinajstić information content (AvgIpc) is 3.13. The third kappa shape index (κ3) is 5.33. The first kappa shape index (κ1) is 23.9. The summed E-state index contributed by atoms with van der Waals surface area (Å²) < 4.78 is 56.9. The Morgan fingerprint density at radius 3 is 2.72 bits per heavy atom. The van der Waals surface area contributed by atoms with E-state index in [-0.39, 0.29) is 16.7 Å². The van der Waals surface area contributed by atoms with Crippen LogP contribution in [0.25, 0.3) is 11.0 Å². The normalized spacial score (nSPS) is 12.7. The molecule has 0 unspecified atom stereocenters. The van der Waals surface area contributed by atoms with Crippen LogP contribution in [-0.2, 0) is 16.9 Å². The van der Waals surface area contributed by atoms with Crippen molar-refractivity contribution >= 4 is 28.2 Å². The van der Waals surface area contributed by atoms with Crippen molar-refractivity contribution in [1.29, 1.82) is 0 Å². The van der Waals surface area contributed by atoms with Crippen LogP contribution in [0.4, 0.5) is 18.0 Å². The van der Waals surface area contributed by atoms with Crippen LogP contribution in [0.1, 0.15) is 17.7 Å². The largest absolute Gasteiger partial charge is 0.609 e. The van der Waals surface area contributed by atoms with Gasteiger partial charge in [-0.05, 0) is 31.5 Å². The fourth-order valence-electron chi connectivity index (χ4n) is 3.05. The molecule has 0 spiro atoms. The molecule has 0 saturated heterocycles. The summed E-state index contributed by atoms with van der Waals surface area (Å²) in [4.78, 5) is 23.0. The highest BCUT2D eigenvalue weighted by Crippen LogP contribution is 2.27. The van der Waals surface area contributed by atoms with Crippen molar-refractivity contribution in [1.82, 2.24) is 19.4 Å². The van der Waals surface area contributed by atoms with Gasteiger partial charge in [-0.15, -0.1) is 0 Å². The lowest BCUT2D eigenvalue weighted by atomic mass is 10.2. The van der Waals surface area contributed by atoms with E-state index in [1.54, 1.807) is 38.2 Å². The molecule has 3 rings (SSSR count). The highest BCUT2D eigenvalue weighted by molar-refractivity contribution is 7.90. The van der Waals surface area contributed by atoms with Crippen LogP contribution in [0.2, 0.25) is 0 Å². The van der Waals surface area contributed by atoms with E-state index < -0.39 is 30.0 Å². The number of hydrogen-bond donors (Lipinski definition) is 0. The summed E-state index contributed by atoms with van der Waals surface area (Å²) in [5, 5.41) is 0.0370. The van der Waals surface area contributed by atoms with Crippen LogP contribution < -0.4 is 4.74 Å². The van der Waals surface area contributed by atoms with Gasteiger partial charge >= 0.3 is 17.4 Å². The summed E-state index contributed by atoms with van der Waals surface area (Å²) in [5.74, 6) is -0.144. The van der Waals surface area contributed by atoms with Crippen molar-refractivity contribution in [2.24, 2.45) is 0 Å². The number of halogens is 3. The minimum Gasteiger partial charge on any atom is -0.609 e. The second-order valence-electron chi connectivity index (χ2n) is 7.05. The van der Waals surface area contributed by atoms with Crippen LogP contribution in [0.15, 0.2) is 41.7 Å². The molecule has 0 aliphatic carbocycles. The molecule has 32 heavy (non-hydrogen) atoms. The summed E-state index contributed by atoms with van der Waals surface area (Å²) in [6.07, 6.45) is -2.69. The number of carbonyl (C=O) groups is 1. The Bertz CT molecular complexity index is 1100. The first-order valence-electron chi connectivity index (χ1n) is 9.67. The molecule has 3 aromatic rings. The molecule has 1 amide bonds. The summed E-state index contributed by atoms with van der Waals surface area (Å²) in [6.45, 7) is 4.25. The Hall–Kier alpha value is -2.79. The van der Waals surface area contributed by atoms with E-state index in [4.69, 9.17) is 4.74 Å². The molecule has 1 aromatic carbocycles. The molecule has 0 aliphatic rings. The second kappa shape index (κ2) is 9.78. The minimum absolute atomic E-state index is 0.00378. The molecule has 7 nitrogen and oxygen atoms in total. The van der Waals surface area contributed by atoms with Gasteiger partial charge in [0.05, 0.1) is 16.7 Å². The Labute approximate surface area is 186 Å². The summed E-state index contributed by atoms with van der Waals surface area (Å²) in [7, 11) is 1.61. The molecule has 2 aromatic heterocycles. The van der Waals surface area contributed by atoms with Crippen molar-refractivity contribution in [3.8, 4) is 5.75 Å². The number of benzene rings is 1. The van der Waals surface area contributed by atoms with E-state index in [0.29, 0.717) is 35.3 Å². The zero-order valence-corrected chi connectivity index (χ0v) is 18.4. The number of imidazole rings is 1. The van der Waals surface area contributed by atoms with Crippen LogP contribution in [0.3, 0.4) is 0 Å². The van der Waals surface area contributed by atoms with Crippen LogP contribution in [-0.4, -0.2) is 56.4 Å². The number of fused-ring (bicyclic) bond motifs is 1. The van der Waals surface area contributed by atoms with Gasteiger partial charge in [0.1, 0.15) is 5.75 Å². The highest BCUT2D eigenvalue weighted by Gasteiger charge is 2.31. The Kier molecular flexibility index (Phi) is 7.29. The lowest BCUT2D eigenvalue weighted by molar-refractivity contribution is -0.153. The van der Waals surface area contributed by atoms with E-state index >= 15 is 0 Å². The van der Waals surface area contributed by atoms with Gasteiger partial charge in [-0.25, -0.2) is 9.36 Å². The quantitative estimate of drug-likeness (QED) is 0.489. The SMILES string of the molecule is [CH2]CCN(C)C(=O)n1c([S@+]([O-])Cc2nccc(OCC(F)(F)F)c2C)nc2ccccc21. The summed E-state index contributed by atoms with van der Waals surface area (Å²) >= 11 is -1.81. The van der Waals surface area contributed by atoms with Gasteiger partial charge in [-0.3, -0.25) is 4.98 Å². The van der Waals surface area contributed by atoms with Crippen molar-refractivity contribution in [2.75, 3.05) is 20.2 Å². The predicted octanol–water partition coefficient (Wildman–Crippen LogP) is 4.11. The lowest BCUT2D eigenvalue weighted by Crippen LogP contribution is -2.33. The molecular weight excluding hydrogens is 445 g/mol. The standard InChI is InChI=1S/C21H22F3N4O3S/c1-4-11-27(3)20(29)28-17-8-6-5-7-15(17)26-19(28)32(30)12-16-14(2)18(9-10-25-16)31-13-21(22,23)24/h5-10H,1,4,11-13H2,2-3H3/t32-/m1/s1. The van der Waals surface area contributed by atoms with E-state index in [2.05, 4.69) is 16.9 Å². The van der Waals surface area contributed by atoms with Gasteiger partial charge in [-0.2, -0.15) is 18.2 Å². The molecule has 0 saturated carbocycles. The first-order valence-corrected chi connectivity index (χ1v) is 11.0. The number of pyridine rings is 1. The summed E-state index contributed by atoms with van der Waals surface area (Å²) in [5.41, 5.74) is 1.64. The molecule has 1 atom stereocenters. The van der Waals surface area contributed by atoms with Gasteiger partial charge < -0.3 is 14.2 Å². The molecule has 171 valence electrons. The number of para-hydroxylation sites is 2. The number of ether oxygens (including phenoxy) is 1. The number of hydrogen-bond acceptors (Lipinski definition) is 5.